The largest absolute Gasteiger partial charge is 0.374 e. The molecule has 4 rings (SSSR count). The highest BCUT2D eigenvalue weighted by Crippen LogP contribution is 2.44. The van der Waals surface area contributed by atoms with E-state index >= 15 is 0 Å². The first-order chi connectivity index (χ1) is 14.7. The molecule has 2 aromatic rings. The van der Waals surface area contributed by atoms with Gasteiger partial charge in [-0.2, -0.15) is 16.8 Å². The molecule has 2 aliphatic heterocycles. The minimum atomic E-state index is -3.91. The van der Waals surface area contributed by atoms with Crippen molar-refractivity contribution in [3.63, 3.8) is 0 Å². The van der Waals surface area contributed by atoms with Crippen LogP contribution in [-0.4, -0.2) is 42.3 Å². The van der Waals surface area contributed by atoms with Crippen molar-refractivity contribution in [2.45, 2.75) is 48.7 Å². The van der Waals surface area contributed by atoms with Crippen LogP contribution in [0.5, 0.6) is 0 Å². The predicted octanol–water partition coefficient (Wildman–Crippen LogP) is 3.21. The molecule has 2 fully saturated rings. The van der Waals surface area contributed by atoms with Gasteiger partial charge in [0, 0.05) is 11.8 Å². The van der Waals surface area contributed by atoms with Gasteiger partial charge in [-0.25, -0.2) is 0 Å². The molecule has 2 saturated heterocycles. The quantitative estimate of drug-likeness (QED) is 0.551. The van der Waals surface area contributed by atoms with Gasteiger partial charge in [-0.3, -0.25) is 8.37 Å². The van der Waals surface area contributed by atoms with Crippen molar-refractivity contribution in [3.8, 4) is 0 Å². The maximum absolute atomic E-state index is 12.6. The summed E-state index contributed by atoms with van der Waals surface area (Å²) in [5.41, 5.74) is 1.90. The van der Waals surface area contributed by atoms with Crippen molar-refractivity contribution in [2.24, 2.45) is 11.8 Å². The molecule has 7 nitrogen and oxygen atoms in total. The lowest BCUT2D eigenvalue weighted by Crippen LogP contribution is -2.35. The van der Waals surface area contributed by atoms with E-state index in [0.29, 0.717) is 0 Å². The minimum absolute atomic E-state index is 0.0734. The average molecular weight is 467 g/mol. The van der Waals surface area contributed by atoms with Gasteiger partial charge in [0.2, 0.25) is 0 Å². The first-order valence-electron chi connectivity index (χ1n) is 10.2. The summed E-state index contributed by atoms with van der Waals surface area (Å²) in [7, 11) is -7.82. The van der Waals surface area contributed by atoms with Crippen LogP contribution in [0.1, 0.15) is 24.0 Å². The zero-order valence-corrected chi connectivity index (χ0v) is 19.1. The molecule has 31 heavy (non-hydrogen) atoms. The molecule has 0 radical (unpaired) electrons. The number of hydrogen-bond donors (Lipinski definition) is 0. The number of aryl methyl sites for hydroxylation is 2. The van der Waals surface area contributed by atoms with Crippen molar-refractivity contribution in [1.82, 2.24) is 0 Å². The second-order valence-corrected chi connectivity index (χ2v) is 11.5. The van der Waals surface area contributed by atoms with Crippen molar-refractivity contribution < 1.29 is 29.9 Å². The molecule has 0 saturated carbocycles. The van der Waals surface area contributed by atoms with E-state index in [1.165, 1.54) is 24.3 Å². The summed E-state index contributed by atoms with van der Waals surface area (Å²) in [6, 6.07) is 12.9. The SMILES string of the molecule is Cc1ccc(S(=O)(=O)OC[C@@H]2[C@@H](COS(=O)(=O)c3ccc(C)cc3)[C@H]3CC[C@H]2O3)cc1. The van der Waals surface area contributed by atoms with E-state index in [2.05, 4.69) is 0 Å². The zero-order valence-electron chi connectivity index (χ0n) is 17.4. The summed E-state index contributed by atoms with van der Waals surface area (Å²) in [6.07, 6.45) is 1.28. The fraction of sp³-hybridized carbons (Fsp3) is 0.455. The van der Waals surface area contributed by atoms with Gasteiger partial charge >= 0.3 is 0 Å². The van der Waals surface area contributed by atoms with Gasteiger partial charge in [0.25, 0.3) is 20.2 Å². The Kier molecular flexibility index (Phi) is 6.24. The molecule has 0 unspecified atom stereocenters. The molecule has 2 aromatic carbocycles. The van der Waals surface area contributed by atoms with E-state index in [1.807, 2.05) is 13.8 Å². The monoisotopic (exact) mass is 466 g/mol. The Morgan fingerprint density at radius 1 is 0.710 bits per heavy atom. The van der Waals surface area contributed by atoms with Crippen molar-refractivity contribution >= 4 is 20.2 Å². The molecule has 9 heteroatoms. The Balaban J connectivity index is 1.43. The number of fused-ring (bicyclic) bond motifs is 2. The van der Waals surface area contributed by atoms with Gasteiger partial charge in [-0.05, 0) is 51.0 Å². The molecule has 2 bridgehead atoms. The minimum Gasteiger partial charge on any atom is -0.374 e. The first kappa shape index (κ1) is 22.4. The molecular formula is C22H26O7S2. The third-order valence-corrected chi connectivity index (χ3v) is 8.63. The van der Waals surface area contributed by atoms with Crippen LogP contribution < -0.4 is 0 Å². The smallest absolute Gasteiger partial charge is 0.296 e. The topological polar surface area (TPSA) is 96.0 Å². The lowest BCUT2D eigenvalue weighted by molar-refractivity contribution is 0.0791. The Hall–Kier alpha value is -1.78. The lowest BCUT2D eigenvalue weighted by Gasteiger charge is -2.27. The van der Waals surface area contributed by atoms with Crippen molar-refractivity contribution in [2.75, 3.05) is 13.2 Å². The van der Waals surface area contributed by atoms with Crippen LogP contribution in [0.2, 0.25) is 0 Å². The van der Waals surface area contributed by atoms with Crippen molar-refractivity contribution in [1.29, 1.82) is 0 Å². The normalized spacial score (nSPS) is 25.7. The van der Waals surface area contributed by atoms with E-state index in [0.717, 1.165) is 24.0 Å². The van der Waals surface area contributed by atoms with Crippen LogP contribution in [0.15, 0.2) is 58.3 Å². The summed E-state index contributed by atoms with van der Waals surface area (Å²) in [4.78, 5) is 0.189. The van der Waals surface area contributed by atoms with Gasteiger partial charge < -0.3 is 4.74 Å². The molecule has 2 heterocycles. The van der Waals surface area contributed by atoms with Gasteiger partial charge in [-0.15, -0.1) is 0 Å². The van der Waals surface area contributed by atoms with Crippen LogP contribution in [0.4, 0.5) is 0 Å². The number of benzene rings is 2. The summed E-state index contributed by atoms with van der Waals surface area (Å²) in [6.45, 7) is 3.60. The first-order valence-corrected chi connectivity index (χ1v) is 13.0. The van der Waals surface area contributed by atoms with Crippen LogP contribution in [-0.2, 0) is 33.3 Å². The van der Waals surface area contributed by atoms with Crippen LogP contribution >= 0.6 is 0 Å². The summed E-state index contributed by atoms with van der Waals surface area (Å²) < 4.78 is 66.8. The average Bonchev–Trinajstić information content (AvgIpc) is 3.33. The van der Waals surface area contributed by atoms with E-state index < -0.39 is 20.2 Å². The van der Waals surface area contributed by atoms with E-state index in [4.69, 9.17) is 13.1 Å². The number of hydrogen-bond acceptors (Lipinski definition) is 7. The van der Waals surface area contributed by atoms with E-state index in [9.17, 15) is 16.8 Å². The summed E-state index contributed by atoms with van der Waals surface area (Å²) >= 11 is 0. The molecule has 0 N–H and O–H groups in total. The Bertz CT molecular complexity index is 1030. The third kappa shape index (κ3) is 4.85. The molecule has 2 aliphatic rings. The molecule has 0 spiro atoms. The molecule has 168 valence electrons. The van der Waals surface area contributed by atoms with Crippen LogP contribution in [0.25, 0.3) is 0 Å². The Labute approximate surface area is 183 Å². The third-order valence-electron chi connectivity index (χ3n) is 6.04. The van der Waals surface area contributed by atoms with Gasteiger partial charge in [0.15, 0.2) is 0 Å². The maximum atomic E-state index is 12.6. The van der Waals surface area contributed by atoms with Gasteiger partial charge in [0.1, 0.15) is 0 Å². The molecule has 0 amide bonds. The Morgan fingerprint density at radius 3 is 1.42 bits per heavy atom. The Morgan fingerprint density at radius 2 is 1.06 bits per heavy atom. The lowest BCUT2D eigenvalue weighted by atomic mass is 9.80. The standard InChI is InChI=1S/C22H26O7S2/c1-15-3-7-17(8-4-15)30(23,24)27-13-19-20(22-12-11-21(19)29-22)14-28-31(25,26)18-9-5-16(2)6-10-18/h3-10,19-22H,11-14H2,1-2H3/t19-,20-,21-,22-/m1/s1. The highest BCUT2D eigenvalue weighted by atomic mass is 32.2. The highest BCUT2D eigenvalue weighted by Gasteiger charge is 2.50. The van der Waals surface area contributed by atoms with Gasteiger partial charge in [-0.1, -0.05) is 35.4 Å². The highest BCUT2D eigenvalue weighted by molar-refractivity contribution is 7.87. The van der Waals surface area contributed by atoms with Crippen molar-refractivity contribution in [3.05, 3.63) is 59.7 Å². The maximum Gasteiger partial charge on any atom is 0.296 e. The van der Waals surface area contributed by atoms with Gasteiger partial charge in [0.05, 0.1) is 35.2 Å². The second kappa shape index (κ2) is 8.63. The molecule has 4 atom stereocenters. The van der Waals surface area contributed by atoms with E-state index in [1.54, 1.807) is 24.3 Å². The zero-order chi connectivity index (χ0) is 22.2. The fourth-order valence-electron chi connectivity index (χ4n) is 4.21. The fourth-order valence-corrected chi connectivity index (χ4v) is 6.10. The summed E-state index contributed by atoms with van der Waals surface area (Å²) in [5.74, 6) is -0.514. The predicted molar refractivity (Wildman–Crippen MR) is 114 cm³/mol. The number of ether oxygens (including phenoxy) is 1. The summed E-state index contributed by atoms with van der Waals surface area (Å²) in [5, 5.41) is 0. The van der Waals surface area contributed by atoms with Crippen LogP contribution in [0, 0.1) is 25.7 Å². The van der Waals surface area contributed by atoms with Crippen LogP contribution in [0.3, 0.4) is 0 Å². The van der Waals surface area contributed by atoms with E-state index in [-0.39, 0.29) is 47.0 Å². The second-order valence-electron chi connectivity index (χ2n) is 8.22. The molecule has 0 aromatic heterocycles. The number of rotatable bonds is 8. The molecule has 0 aliphatic carbocycles. The molecular weight excluding hydrogens is 440 g/mol.